The van der Waals surface area contributed by atoms with Crippen molar-refractivity contribution in [3.8, 4) is 0 Å². The molecular weight excluding hydrogens is 262 g/mol. The molecular formula is C13H19N3O2S. The van der Waals surface area contributed by atoms with Crippen LogP contribution in [0.2, 0.25) is 0 Å². The van der Waals surface area contributed by atoms with Gasteiger partial charge in [0.2, 0.25) is 11.8 Å². The van der Waals surface area contributed by atoms with Gasteiger partial charge in [0.15, 0.2) is 0 Å². The zero-order valence-corrected chi connectivity index (χ0v) is 11.8. The van der Waals surface area contributed by atoms with Crippen LogP contribution in [0.5, 0.6) is 0 Å². The van der Waals surface area contributed by atoms with Crippen molar-refractivity contribution in [3.05, 3.63) is 22.4 Å². The molecule has 1 saturated heterocycles. The van der Waals surface area contributed by atoms with Crippen LogP contribution in [-0.4, -0.2) is 42.9 Å². The van der Waals surface area contributed by atoms with Crippen LogP contribution in [-0.2, 0) is 16.1 Å². The third-order valence-corrected chi connectivity index (χ3v) is 4.03. The van der Waals surface area contributed by atoms with E-state index in [0.29, 0.717) is 6.54 Å². The normalized spacial score (nSPS) is 18.3. The van der Waals surface area contributed by atoms with Gasteiger partial charge in [-0.25, -0.2) is 0 Å². The number of hydrogen-bond donors (Lipinski definition) is 2. The molecule has 2 rings (SSSR count). The predicted octanol–water partition coefficient (Wildman–Crippen LogP) is 0.575. The van der Waals surface area contributed by atoms with E-state index in [1.165, 1.54) is 4.90 Å². The lowest BCUT2D eigenvalue weighted by Crippen LogP contribution is -2.45. The van der Waals surface area contributed by atoms with E-state index in [1.54, 1.807) is 18.4 Å². The lowest BCUT2D eigenvalue weighted by Gasteiger charge is -2.20. The van der Waals surface area contributed by atoms with Crippen LogP contribution in [0.3, 0.4) is 0 Å². The Morgan fingerprint density at radius 1 is 1.58 bits per heavy atom. The van der Waals surface area contributed by atoms with E-state index in [-0.39, 0.29) is 24.4 Å². The summed E-state index contributed by atoms with van der Waals surface area (Å²) in [6.07, 6.45) is 1.88. The minimum absolute atomic E-state index is 0.00349. The van der Waals surface area contributed by atoms with Crippen molar-refractivity contribution in [1.82, 2.24) is 15.5 Å². The Hall–Kier alpha value is -1.40. The van der Waals surface area contributed by atoms with Crippen molar-refractivity contribution >= 4 is 23.2 Å². The minimum atomic E-state index is -0.123. The monoisotopic (exact) mass is 281 g/mol. The molecule has 0 bridgehead atoms. The lowest BCUT2D eigenvalue weighted by molar-refractivity contribution is -0.136. The molecule has 1 unspecified atom stereocenters. The molecule has 0 spiro atoms. The summed E-state index contributed by atoms with van der Waals surface area (Å²) in [6.45, 7) is 1.53. The van der Waals surface area contributed by atoms with E-state index in [0.717, 1.165) is 24.3 Å². The molecule has 1 fully saturated rings. The zero-order valence-electron chi connectivity index (χ0n) is 11.0. The van der Waals surface area contributed by atoms with Crippen LogP contribution in [0.4, 0.5) is 0 Å². The van der Waals surface area contributed by atoms with Crippen molar-refractivity contribution in [2.75, 3.05) is 20.1 Å². The Bertz CT molecular complexity index is 427. The number of nitrogens with zero attached hydrogens (tertiary/aromatic N) is 1. The molecule has 19 heavy (non-hydrogen) atoms. The first-order chi connectivity index (χ1) is 9.16. The molecule has 1 aliphatic rings. The van der Waals surface area contributed by atoms with Crippen LogP contribution in [0.15, 0.2) is 17.5 Å². The van der Waals surface area contributed by atoms with E-state index in [2.05, 4.69) is 10.6 Å². The molecule has 1 atom stereocenters. The number of thiophene rings is 1. The van der Waals surface area contributed by atoms with Crippen LogP contribution >= 0.6 is 11.3 Å². The predicted molar refractivity (Wildman–Crippen MR) is 74.8 cm³/mol. The summed E-state index contributed by atoms with van der Waals surface area (Å²) >= 11 is 1.61. The molecule has 0 saturated carbocycles. The molecule has 1 aromatic heterocycles. The highest BCUT2D eigenvalue weighted by Crippen LogP contribution is 2.08. The van der Waals surface area contributed by atoms with Gasteiger partial charge in [0.25, 0.3) is 0 Å². The number of nitrogens with one attached hydrogen (secondary N) is 2. The maximum atomic E-state index is 12.0. The summed E-state index contributed by atoms with van der Waals surface area (Å²) in [6, 6.07) is 3.81. The number of carbonyl (C=O) groups is 2. The second-order valence-corrected chi connectivity index (χ2v) is 5.73. The molecule has 0 aromatic carbocycles. The highest BCUT2D eigenvalue weighted by Gasteiger charge is 2.25. The quantitative estimate of drug-likeness (QED) is 0.830. The first kappa shape index (κ1) is 14.0. The molecule has 0 radical (unpaired) electrons. The van der Waals surface area contributed by atoms with E-state index in [4.69, 9.17) is 0 Å². The van der Waals surface area contributed by atoms with Crippen molar-refractivity contribution in [1.29, 1.82) is 0 Å². The van der Waals surface area contributed by atoms with E-state index >= 15 is 0 Å². The Labute approximate surface area is 117 Å². The highest BCUT2D eigenvalue weighted by molar-refractivity contribution is 7.09. The Morgan fingerprint density at radius 2 is 2.42 bits per heavy atom. The van der Waals surface area contributed by atoms with Gasteiger partial charge in [-0.1, -0.05) is 6.07 Å². The fourth-order valence-corrected chi connectivity index (χ4v) is 2.75. The molecule has 104 valence electrons. The summed E-state index contributed by atoms with van der Waals surface area (Å²) in [5.74, 6) is -0.119. The summed E-state index contributed by atoms with van der Waals surface area (Å²) in [4.78, 5) is 26.4. The molecule has 2 N–H and O–H groups in total. The maximum absolute atomic E-state index is 12.0. The first-order valence-electron chi connectivity index (χ1n) is 6.44. The first-order valence-corrected chi connectivity index (χ1v) is 7.32. The van der Waals surface area contributed by atoms with Gasteiger partial charge >= 0.3 is 0 Å². The molecule has 1 aliphatic heterocycles. The van der Waals surface area contributed by atoms with E-state index in [9.17, 15) is 9.59 Å². The van der Waals surface area contributed by atoms with Crippen LogP contribution in [0, 0.1) is 0 Å². The largest absolute Gasteiger partial charge is 0.350 e. The Kier molecular flexibility index (Phi) is 4.93. The second kappa shape index (κ2) is 6.68. The summed E-state index contributed by atoms with van der Waals surface area (Å²) < 4.78 is 0. The van der Waals surface area contributed by atoms with Crippen LogP contribution < -0.4 is 10.6 Å². The summed E-state index contributed by atoms with van der Waals surface area (Å²) in [7, 11) is 1.67. The Morgan fingerprint density at radius 3 is 3.05 bits per heavy atom. The molecule has 2 heterocycles. The van der Waals surface area contributed by atoms with E-state index < -0.39 is 0 Å². The number of amides is 2. The number of carbonyl (C=O) groups excluding carboxylic acids is 2. The van der Waals surface area contributed by atoms with Crippen molar-refractivity contribution in [2.45, 2.75) is 25.4 Å². The van der Waals surface area contributed by atoms with Crippen LogP contribution in [0.25, 0.3) is 0 Å². The second-order valence-electron chi connectivity index (χ2n) is 4.70. The van der Waals surface area contributed by atoms with Crippen LogP contribution in [0.1, 0.15) is 17.7 Å². The van der Waals surface area contributed by atoms with Crippen molar-refractivity contribution in [2.24, 2.45) is 0 Å². The van der Waals surface area contributed by atoms with Gasteiger partial charge in [-0.2, -0.15) is 0 Å². The standard InChI is InChI=1S/C13H19N3O2S/c1-16(13(18)11-5-2-6-14-11)9-12(17)15-8-10-4-3-7-19-10/h3-4,7,11,14H,2,5-6,8-9H2,1H3,(H,15,17). The van der Waals surface area contributed by atoms with Gasteiger partial charge in [-0.3, -0.25) is 9.59 Å². The molecule has 0 aliphatic carbocycles. The number of likely N-dealkylation sites (N-methyl/N-ethyl adjacent to an activating group) is 1. The lowest BCUT2D eigenvalue weighted by atomic mass is 10.2. The van der Waals surface area contributed by atoms with Gasteiger partial charge in [-0.15, -0.1) is 11.3 Å². The average Bonchev–Trinajstić information content (AvgIpc) is 3.08. The fourth-order valence-electron chi connectivity index (χ4n) is 2.11. The van der Waals surface area contributed by atoms with E-state index in [1.807, 2.05) is 17.5 Å². The van der Waals surface area contributed by atoms with Gasteiger partial charge in [0, 0.05) is 11.9 Å². The van der Waals surface area contributed by atoms with Gasteiger partial charge in [0.05, 0.1) is 19.1 Å². The third-order valence-electron chi connectivity index (χ3n) is 3.16. The van der Waals surface area contributed by atoms with Gasteiger partial charge in [0.1, 0.15) is 0 Å². The van der Waals surface area contributed by atoms with Crippen molar-refractivity contribution in [3.63, 3.8) is 0 Å². The Balaban J connectivity index is 1.73. The molecule has 1 aromatic rings. The zero-order chi connectivity index (χ0) is 13.7. The molecule has 5 nitrogen and oxygen atoms in total. The molecule has 2 amide bonds. The third kappa shape index (κ3) is 4.04. The smallest absolute Gasteiger partial charge is 0.239 e. The summed E-state index contributed by atoms with van der Waals surface area (Å²) in [5, 5.41) is 7.94. The van der Waals surface area contributed by atoms with Gasteiger partial charge < -0.3 is 15.5 Å². The topological polar surface area (TPSA) is 61.4 Å². The van der Waals surface area contributed by atoms with Crippen molar-refractivity contribution < 1.29 is 9.59 Å². The molecule has 6 heteroatoms. The average molecular weight is 281 g/mol. The SMILES string of the molecule is CN(CC(=O)NCc1cccs1)C(=O)C1CCCN1. The maximum Gasteiger partial charge on any atom is 0.239 e. The minimum Gasteiger partial charge on any atom is -0.350 e. The fraction of sp³-hybridized carbons (Fsp3) is 0.538. The summed E-state index contributed by atoms with van der Waals surface area (Å²) in [5.41, 5.74) is 0. The van der Waals surface area contributed by atoms with Gasteiger partial charge in [-0.05, 0) is 30.8 Å². The highest BCUT2D eigenvalue weighted by atomic mass is 32.1. The number of hydrogen-bond acceptors (Lipinski definition) is 4. The number of rotatable bonds is 5.